The van der Waals surface area contributed by atoms with E-state index in [1.165, 1.54) is 43.3 Å². The van der Waals surface area contributed by atoms with E-state index in [0.717, 1.165) is 6.07 Å². The highest BCUT2D eigenvalue weighted by molar-refractivity contribution is 6.09. The van der Waals surface area contributed by atoms with E-state index in [1.807, 2.05) is 0 Å². The first-order valence-electron chi connectivity index (χ1n) is 11.5. The summed E-state index contributed by atoms with van der Waals surface area (Å²) in [6.45, 7) is 0.153. The molecule has 1 heterocycles. The lowest BCUT2D eigenvalue weighted by molar-refractivity contribution is -0.138. The third-order valence-corrected chi connectivity index (χ3v) is 6.18. The molecule has 1 aromatic heterocycles. The van der Waals surface area contributed by atoms with Gasteiger partial charge in [0.2, 0.25) is 0 Å². The third-order valence-electron chi connectivity index (χ3n) is 6.18. The number of carbonyl (C=O) groups is 1. The van der Waals surface area contributed by atoms with E-state index in [9.17, 15) is 27.2 Å². The summed E-state index contributed by atoms with van der Waals surface area (Å²) in [5.41, 5.74) is 0.737. The molecule has 0 fully saturated rings. The molecule has 0 atom stereocenters. The smallest absolute Gasteiger partial charge is 0.416 e. The molecule has 5 nitrogen and oxygen atoms in total. The zero-order chi connectivity index (χ0) is 26.7. The average Bonchev–Trinajstić information content (AvgIpc) is 2.87. The summed E-state index contributed by atoms with van der Waals surface area (Å²) in [6, 6.07) is 16.3. The SMILES string of the molecule is COc1c(C(=O)N(C)CCCc2ccccc2C(F)(F)F)c2cc(-c3ccc(F)cc3)ccc2[nH]c1=O. The number of hydrogen-bond donors (Lipinski definition) is 1. The van der Waals surface area contributed by atoms with E-state index in [0.29, 0.717) is 22.0 Å². The Bertz CT molecular complexity index is 1490. The number of ether oxygens (including phenoxy) is 1. The Labute approximate surface area is 210 Å². The van der Waals surface area contributed by atoms with E-state index < -0.39 is 23.2 Å². The van der Waals surface area contributed by atoms with Crippen molar-refractivity contribution in [3.63, 3.8) is 0 Å². The summed E-state index contributed by atoms with van der Waals surface area (Å²) >= 11 is 0. The third kappa shape index (κ3) is 5.50. The van der Waals surface area contributed by atoms with E-state index in [2.05, 4.69) is 4.98 Å². The zero-order valence-corrected chi connectivity index (χ0v) is 20.2. The van der Waals surface area contributed by atoms with Gasteiger partial charge in [-0.15, -0.1) is 0 Å². The molecular weight excluding hydrogens is 488 g/mol. The average molecular weight is 513 g/mol. The van der Waals surface area contributed by atoms with Crippen molar-refractivity contribution >= 4 is 16.8 Å². The van der Waals surface area contributed by atoms with Crippen LogP contribution in [0.25, 0.3) is 22.0 Å². The molecule has 0 unspecified atom stereocenters. The van der Waals surface area contributed by atoms with Gasteiger partial charge in [0, 0.05) is 24.5 Å². The summed E-state index contributed by atoms with van der Waals surface area (Å²) in [4.78, 5) is 30.2. The molecule has 1 N–H and O–H groups in total. The van der Waals surface area contributed by atoms with Crippen LogP contribution in [0, 0.1) is 5.82 Å². The van der Waals surface area contributed by atoms with E-state index in [1.54, 1.807) is 36.4 Å². The largest absolute Gasteiger partial charge is 0.490 e. The predicted molar refractivity (Wildman–Crippen MR) is 133 cm³/mol. The summed E-state index contributed by atoms with van der Waals surface area (Å²) in [5.74, 6) is -1.05. The molecule has 0 aliphatic heterocycles. The van der Waals surface area contributed by atoms with Gasteiger partial charge in [-0.1, -0.05) is 36.4 Å². The fourth-order valence-corrected chi connectivity index (χ4v) is 4.32. The number of nitrogens with one attached hydrogen (secondary N) is 1. The number of methoxy groups -OCH3 is 1. The monoisotopic (exact) mass is 512 g/mol. The Kier molecular flexibility index (Phi) is 7.33. The van der Waals surface area contributed by atoms with Crippen LogP contribution in [-0.2, 0) is 12.6 Å². The number of aromatic amines is 1. The number of alkyl halides is 3. The standard InChI is InChI=1S/C28H24F4N2O3/c1-34(15-5-7-18-6-3-4-8-22(18)28(30,31)32)27(36)24-21-16-19(17-9-12-20(29)13-10-17)11-14-23(21)33-26(35)25(24)37-2/h3-4,6,8-14,16H,5,7,15H2,1-2H3,(H,33,35). The molecule has 4 rings (SSSR count). The number of carbonyl (C=O) groups excluding carboxylic acids is 1. The topological polar surface area (TPSA) is 62.4 Å². The maximum atomic E-state index is 13.5. The van der Waals surface area contributed by atoms with Gasteiger partial charge < -0.3 is 14.6 Å². The Morgan fingerprint density at radius 2 is 1.68 bits per heavy atom. The highest BCUT2D eigenvalue weighted by atomic mass is 19.4. The van der Waals surface area contributed by atoms with Gasteiger partial charge in [-0.2, -0.15) is 13.2 Å². The number of aromatic nitrogens is 1. The van der Waals surface area contributed by atoms with Crippen LogP contribution in [0.2, 0.25) is 0 Å². The molecule has 9 heteroatoms. The molecular formula is C28H24F4N2O3. The number of fused-ring (bicyclic) bond motifs is 1. The first kappa shape index (κ1) is 25.9. The highest BCUT2D eigenvalue weighted by Gasteiger charge is 2.32. The molecule has 0 aliphatic carbocycles. The predicted octanol–water partition coefficient (Wildman–Crippen LogP) is 6.07. The number of amides is 1. The van der Waals surface area contributed by atoms with Gasteiger partial charge in [-0.25, -0.2) is 4.39 Å². The number of rotatable bonds is 7. The molecule has 0 radical (unpaired) electrons. The Morgan fingerprint density at radius 3 is 2.35 bits per heavy atom. The summed E-state index contributed by atoms with van der Waals surface area (Å²) in [7, 11) is 2.80. The number of aryl methyl sites for hydroxylation is 1. The molecule has 4 aromatic rings. The van der Waals surface area contributed by atoms with Gasteiger partial charge >= 0.3 is 6.18 Å². The second-order valence-electron chi connectivity index (χ2n) is 8.61. The minimum Gasteiger partial charge on any atom is -0.490 e. The quantitative estimate of drug-likeness (QED) is 0.306. The Balaban J connectivity index is 1.64. The van der Waals surface area contributed by atoms with E-state index >= 15 is 0 Å². The summed E-state index contributed by atoms with van der Waals surface area (Å²) < 4.78 is 58.6. The van der Waals surface area contributed by atoms with Crippen molar-refractivity contribution in [3.05, 3.63) is 99.6 Å². The van der Waals surface area contributed by atoms with Crippen molar-refractivity contribution in [2.45, 2.75) is 19.0 Å². The minimum atomic E-state index is -4.46. The van der Waals surface area contributed by atoms with Crippen molar-refractivity contribution in [1.82, 2.24) is 9.88 Å². The van der Waals surface area contributed by atoms with E-state index in [4.69, 9.17) is 4.74 Å². The van der Waals surface area contributed by atoms with Gasteiger partial charge in [0.15, 0.2) is 5.75 Å². The maximum absolute atomic E-state index is 13.5. The van der Waals surface area contributed by atoms with E-state index in [-0.39, 0.29) is 42.1 Å². The number of benzene rings is 3. The van der Waals surface area contributed by atoms with Gasteiger partial charge in [0.25, 0.3) is 11.5 Å². The molecule has 37 heavy (non-hydrogen) atoms. The number of nitrogens with zero attached hydrogens (tertiary/aromatic N) is 1. The number of H-pyrrole nitrogens is 1. The Hall–Kier alpha value is -4.14. The molecule has 3 aromatic carbocycles. The summed E-state index contributed by atoms with van der Waals surface area (Å²) in [5, 5.41) is 0.428. The lowest BCUT2D eigenvalue weighted by Gasteiger charge is -2.20. The van der Waals surface area contributed by atoms with Crippen molar-refractivity contribution in [1.29, 1.82) is 0 Å². The fraction of sp³-hybridized carbons (Fsp3) is 0.214. The maximum Gasteiger partial charge on any atom is 0.416 e. The molecule has 0 saturated heterocycles. The second kappa shape index (κ2) is 10.5. The number of pyridine rings is 1. The molecule has 0 saturated carbocycles. The molecule has 0 aliphatic rings. The van der Waals surface area contributed by atoms with Crippen LogP contribution >= 0.6 is 0 Å². The first-order valence-corrected chi connectivity index (χ1v) is 11.5. The molecule has 0 bridgehead atoms. The van der Waals surface area contributed by atoms with Crippen molar-refractivity contribution in [2.75, 3.05) is 20.7 Å². The van der Waals surface area contributed by atoms with Crippen molar-refractivity contribution in [3.8, 4) is 16.9 Å². The van der Waals surface area contributed by atoms with Crippen LogP contribution in [0.15, 0.2) is 71.5 Å². The first-order chi connectivity index (χ1) is 17.6. The second-order valence-corrected chi connectivity index (χ2v) is 8.61. The normalized spacial score (nSPS) is 11.5. The summed E-state index contributed by atoms with van der Waals surface area (Å²) in [6.07, 6.45) is -4.06. The van der Waals surface area contributed by atoms with Crippen LogP contribution in [0.1, 0.15) is 27.9 Å². The van der Waals surface area contributed by atoms with Crippen molar-refractivity contribution < 1.29 is 27.1 Å². The number of hydrogen-bond acceptors (Lipinski definition) is 3. The van der Waals surface area contributed by atoms with Gasteiger partial charge in [0.1, 0.15) is 5.82 Å². The van der Waals surface area contributed by atoms with Crippen LogP contribution in [0.3, 0.4) is 0 Å². The Morgan fingerprint density at radius 1 is 1.00 bits per heavy atom. The molecule has 1 amide bonds. The van der Waals surface area contributed by atoms with Crippen LogP contribution in [-0.4, -0.2) is 36.5 Å². The lowest BCUT2D eigenvalue weighted by atomic mass is 9.99. The zero-order valence-electron chi connectivity index (χ0n) is 20.2. The van der Waals surface area contributed by atoms with Crippen LogP contribution in [0.5, 0.6) is 5.75 Å². The van der Waals surface area contributed by atoms with Crippen LogP contribution < -0.4 is 10.3 Å². The van der Waals surface area contributed by atoms with Crippen LogP contribution in [0.4, 0.5) is 17.6 Å². The van der Waals surface area contributed by atoms with Gasteiger partial charge in [0.05, 0.1) is 18.2 Å². The molecule has 0 spiro atoms. The highest BCUT2D eigenvalue weighted by Crippen LogP contribution is 2.33. The number of halogens is 4. The minimum absolute atomic E-state index is 0.0448. The van der Waals surface area contributed by atoms with Gasteiger partial charge in [-0.3, -0.25) is 9.59 Å². The molecule has 192 valence electrons. The van der Waals surface area contributed by atoms with Crippen molar-refractivity contribution in [2.24, 2.45) is 0 Å². The lowest BCUT2D eigenvalue weighted by Crippen LogP contribution is -2.30. The van der Waals surface area contributed by atoms with Gasteiger partial charge in [-0.05, 0) is 59.9 Å². The fourth-order valence-electron chi connectivity index (χ4n) is 4.32.